The third-order valence-electron chi connectivity index (χ3n) is 5.85. The summed E-state index contributed by atoms with van der Waals surface area (Å²) in [6.07, 6.45) is 7.28. The molecule has 0 unspecified atom stereocenters. The second-order valence-corrected chi connectivity index (χ2v) is 7.66. The Hall–Kier alpha value is -1.82. The second-order valence-electron chi connectivity index (χ2n) is 7.66. The van der Waals surface area contributed by atoms with Crippen molar-refractivity contribution in [1.82, 2.24) is 9.80 Å². The van der Waals surface area contributed by atoms with Crippen LogP contribution in [-0.4, -0.2) is 53.1 Å². The van der Waals surface area contributed by atoms with E-state index < -0.39 is 11.8 Å². The standard InChI is InChI=1S/C19H26N2O4/c1-14-6-4-8-19(12-14)21(18(23)16-7-5-11-24-16)15(13-25-19)17(22)20-9-2-3-10-20/h5,7,11,14-15H,2-4,6,8-10,12-13H2,1H3/t14-,15+,19+/m1/s1. The number of likely N-dealkylation sites (tertiary alicyclic amines) is 1. The van der Waals surface area contributed by atoms with Gasteiger partial charge in [-0.2, -0.15) is 0 Å². The van der Waals surface area contributed by atoms with E-state index in [0.717, 1.165) is 51.6 Å². The average Bonchev–Trinajstić information content (AvgIpc) is 3.35. The highest BCUT2D eigenvalue weighted by molar-refractivity contribution is 5.96. The highest BCUT2D eigenvalue weighted by Crippen LogP contribution is 2.43. The van der Waals surface area contributed by atoms with Gasteiger partial charge in [0.1, 0.15) is 11.8 Å². The first-order valence-corrected chi connectivity index (χ1v) is 9.41. The summed E-state index contributed by atoms with van der Waals surface area (Å²) >= 11 is 0. The van der Waals surface area contributed by atoms with Crippen LogP contribution in [0.25, 0.3) is 0 Å². The molecule has 1 aromatic rings. The predicted octanol–water partition coefficient (Wildman–Crippen LogP) is 2.65. The summed E-state index contributed by atoms with van der Waals surface area (Å²) in [5.74, 6) is 0.547. The van der Waals surface area contributed by atoms with Crippen LogP contribution in [0.2, 0.25) is 0 Å². The largest absolute Gasteiger partial charge is 0.459 e. The maximum Gasteiger partial charge on any atom is 0.292 e. The molecule has 1 spiro atoms. The topological polar surface area (TPSA) is 63.0 Å². The zero-order chi connectivity index (χ0) is 17.4. The third-order valence-corrected chi connectivity index (χ3v) is 5.85. The van der Waals surface area contributed by atoms with Crippen molar-refractivity contribution in [3.63, 3.8) is 0 Å². The van der Waals surface area contributed by atoms with E-state index in [-0.39, 0.29) is 24.2 Å². The van der Waals surface area contributed by atoms with Crippen molar-refractivity contribution in [2.45, 2.75) is 57.2 Å². The van der Waals surface area contributed by atoms with Gasteiger partial charge in [0, 0.05) is 13.1 Å². The molecule has 0 N–H and O–H groups in total. The molecule has 1 aliphatic carbocycles. The lowest BCUT2D eigenvalue weighted by Gasteiger charge is -2.43. The second kappa shape index (κ2) is 6.48. The first-order valence-electron chi connectivity index (χ1n) is 9.41. The van der Waals surface area contributed by atoms with Crippen LogP contribution in [0.5, 0.6) is 0 Å². The SMILES string of the molecule is C[C@@H]1CCC[C@@]2(C1)OC[C@@H](C(=O)N1CCCC1)N2C(=O)c1ccco1. The fraction of sp³-hybridized carbons (Fsp3) is 0.684. The Morgan fingerprint density at radius 3 is 2.72 bits per heavy atom. The lowest BCUT2D eigenvalue weighted by molar-refractivity contribution is -0.137. The van der Waals surface area contributed by atoms with Crippen LogP contribution in [0.15, 0.2) is 22.8 Å². The van der Waals surface area contributed by atoms with Crippen molar-refractivity contribution in [3.05, 3.63) is 24.2 Å². The molecule has 25 heavy (non-hydrogen) atoms. The molecule has 0 radical (unpaired) electrons. The van der Waals surface area contributed by atoms with Gasteiger partial charge in [-0.25, -0.2) is 0 Å². The molecule has 1 aromatic heterocycles. The van der Waals surface area contributed by atoms with Gasteiger partial charge in [-0.05, 0) is 50.2 Å². The molecule has 3 heterocycles. The molecule has 2 saturated heterocycles. The van der Waals surface area contributed by atoms with Crippen LogP contribution in [0, 0.1) is 5.92 Å². The molecule has 3 fully saturated rings. The minimum Gasteiger partial charge on any atom is -0.459 e. The zero-order valence-electron chi connectivity index (χ0n) is 14.8. The summed E-state index contributed by atoms with van der Waals surface area (Å²) in [7, 11) is 0. The lowest BCUT2D eigenvalue weighted by atomic mass is 9.83. The Morgan fingerprint density at radius 1 is 1.24 bits per heavy atom. The molecule has 0 bridgehead atoms. The molecule has 3 atom stereocenters. The van der Waals surface area contributed by atoms with Crippen molar-refractivity contribution in [1.29, 1.82) is 0 Å². The van der Waals surface area contributed by atoms with Crippen molar-refractivity contribution >= 4 is 11.8 Å². The van der Waals surface area contributed by atoms with Crippen molar-refractivity contribution < 1.29 is 18.7 Å². The van der Waals surface area contributed by atoms with Crippen molar-refractivity contribution in [3.8, 4) is 0 Å². The Balaban J connectivity index is 1.66. The van der Waals surface area contributed by atoms with E-state index in [9.17, 15) is 9.59 Å². The van der Waals surface area contributed by atoms with Gasteiger partial charge in [0.05, 0.1) is 12.9 Å². The number of hydrogen-bond donors (Lipinski definition) is 0. The Kier molecular flexibility index (Phi) is 4.31. The molecule has 0 aromatic carbocycles. The molecule has 6 heteroatoms. The summed E-state index contributed by atoms with van der Waals surface area (Å²) in [5, 5.41) is 0. The Morgan fingerprint density at radius 2 is 2.04 bits per heavy atom. The highest BCUT2D eigenvalue weighted by Gasteiger charge is 2.55. The van der Waals surface area contributed by atoms with Crippen molar-refractivity contribution in [2.24, 2.45) is 5.92 Å². The van der Waals surface area contributed by atoms with Gasteiger partial charge in [-0.15, -0.1) is 0 Å². The summed E-state index contributed by atoms with van der Waals surface area (Å²) in [5.41, 5.74) is -0.665. The Labute approximate surface area is 148 Å². The molecule has 2 amide bonds. The van der Waals surface area contributed by atoms with Gasteiger partial charge in [-0.3, -0.25) is 14.5 Å². The average molecular weight is 346 g/mol. The summed E-state index contributed by atoms with van der Waals surface area (Å²) in [6, 6.07) is 2.83. The summed E-state index contributed by atoms with van der Waals surface area (Å²) in [4.78, 5) is 29.8. The molecule has 4 rings (SSSR count). The van der Waals surface area contributed by atoms with Gasteiger partial charge < -0.3 is 14.1 Å². The quantitative estimate of drug-likeness (QED) is 0.826. The molecule has 2 aliphatic heterocycles. The fourth-order valence-corrected chi connectivity index (χ4v) is 4.66. The molecular weight excluding hydrogens is 320 g/mol. The van der Waals surface area contributed by atoms with E-state index in [1.165, 1.54) is 6.26 Å². The normalized spacial score (nSPS) is 32.5. The first kappa shape index (κ1) is 16.6. The number of furan rings is 1. The number of hydrogen-bond acceptors (Lipinski definition) is 4. The number of nitrogens with zero attached hydrogens (tertiary/aromatic N) is 2. The van der Waals surface area contributed by atoms with E-state index in [1.54, 1.807) is 17.0 Å². The molecule has 136 valence electrons. The molecule has 6 nitrogen and oxygen atoms in total. The van der Waals surface area contributed by atoms with Gasteiger partial charge in [0.25, 0.3) is 5.91 Å². The number of carbonyl (C=O) groups excluding carboxylic acids is 2. The van der Waals surface area contributed by atoms with Crippen LogP contribution in [0.1, 0.15) is 56.0 Å². The lowest BCUT2D eigenvalue weighted by Crippen LogP contribution is -2.57. The Bertz CT molecular complexity index is 638. The number of ether oxygens (including phenoxy) is 1. The summed E-state index contributed by atoms with van der Waals surface area (Å²) < 4.78 is 11.5. The van der Waals surface area contributed by atoms with Crippen LogP contribution in [0.3, 0.4) is 0 Å². The number of rotatable bonds is 2. The van der Waals surface area contributed by atoms with Crippen LogP contribution in [0.4, 0.5) is 0 Å². The van der Waals surface area contributed by atoms with Gasteiger partial charge in [0.15, 0.2) is 5.76 Å². The predicted molar refractivity (Wildman–Crippen MR) is 90.8 cm³/mol. The minimum atomic E-state index is -0.665. The van der Waals surface area contributed by atoms with E-state index in [0.29, 0.717) is 5.92 Å². The molecular formula is C19H26N2O4. The number of carbonyl (C=O) groups is 2. The highest BCUT2D eigenvalue weighted by atomic mass is 16.5. The van der Waals surface area contributed by atoms with Crippen LogP contribution >= 0.6 is 0 Å². The first-order chi connectivity index (χ1) is 12.1. The van der Waals surface area contributed by atoms with Crippen molar-refractivity contribution in [2.75, 3.05) is 19.7 Å². The molecule has 3 aliphatic rings. The van der Waals surface area contributed by atoms with E-state index >= 15 is 0 Å². The smallest absolute Gasteiger partial charge is 0.292 e. The fourth-order valence-electron chi connectivity index (χ4n) is 4.66. The monoisotopic (exact) mass is 346 g/mol. The van der Waals surface area contributed by atoms with Gasteiger partial charge >= 0.3 is 0 Å². The zero-order valence-corrected chi connectivity index (χ0v) is 14.8. The van der Waals surface area contributed by atoms with E-state index in [2.05, 4.69) is 6.92 Å². The number of amides is 2. The third kappa shape index (κ3) is 2.86. The van der Waals surface area contributed by atoms with E-state index in [4.69, 9.17) is 9.15 Å². The van der Waals surface area contributed by atoms with Gasteiger partial charge in [-0.1, -0.05) is 13.3 Å². The van der Waals surface area contributed by atoms with Crippen LogP contribution in [-0.2, 0) is 9.53 Å². The minimum absolute atomic E-state index is 0.0208. The maximum atomic E-state index is 13.2. The summed E-state index contributed by atoms with van der Waals surface area (Å²) in [6.45, 7) is 4.03. The van der Waals surface area contributed by atoms with Gasteiger partial charge in [0.2, 0.25) is 5.91 Å². The molecule has 1 saturated carbocycles. The van der Waals surface area contributed by atoms with Crippen LogP contribution < -0.4 is 0 Å². The maximum absolute atomic E-state index is 13.2. The van der Waals surface area contributed by atoms with E-state index in [1.807, 2.05) is 4.90 Å².